The molecule has 30 heavy (non-hydrogen) atoms. The summed E-state index contributed by atoms with van der Waals surface area (Å²) in [5.41, 5.74) is 4.12. The van der Waals surface area contributed by atoms with Crippen LogP contribution in [0, 0.1) is 6.92 Å². The summed E-state index contributed by atoms with van der Waals surface area (Å²) in [6, 6.07) is 8.48. The molecule has 0 atom stereocenters. The van der Waals surface area contributed by atoms with Crippen molar-refractivity contribution in [2.75, 3.05) is 25.0 Å². The fourth-order valence-corrected chi connectivity index (χ4v) is 3.08. The summed E-state index contributed by atoms with van der Waals surface area (Å²) in [5.74, 6) is 1.55. The van der Waals surface area contributed by atoms with Crippen LogP contribution in [0.15, 0.2) is 43.2 Å². The maximum absolute atomic E-state index is 6.06. The summed E-state index contributed by atoms with van der Waals surface area (Å²) in [7, 11) is 0. The third-order valence-corrected chi connectivity index (χ3v) is 4.89. The van der Waals surface area contributed by atoms with Crippen molar-refractivity contribution in [1.82, 2.24) is 25.9 Å². The van der Waals surface area contributed by atoms with Gasteiger partial charge in [0, 0.05) is 26.2 Å². The first-order valence-electron chi connectivity index (χ1n) is 10.6. The molecular weight excluding hydrogens is 396 g/mol. The Morgan fingerprint density at radius 2 is 1.73 bits per heavy atom. The maximum atomic E-state index is 6.06. The minimum absolute atomic E-state index is 0.357. The van der Waals surface area contributed by atoms with Gasteiger partial charge in [-0.2, -0.15) is 0 Å². The van der Waals surface area contributed by atoms with Crippen molar-refractivity contribution in [3.8, 4) is 0 Å². The number of unbranched alkanes of at least 4 members (excludes halogenated alkanes) is 2. The number of anilines is 1. The van der Waals surface area contributed by atoms with Crippen molar-refractivity contribution >= 4 is 23.1 Å². The SMILES string of the molecule is C=C(NCCCNc1nc(Cl)[nH]c1C(=C)NCCCCC)NCc1ccc(C)cc1. The molecular formula is C23H35ClN6. The van der Waals surface area contributed by atoms with Gasteiger partial charge in [0.15, 0.2) is 5.82 Å². The number of benzene rings is 1. The highest BCUT2D eigenvalue weighted by Crippen LogP contribution is 2.21. The van der Waals surface area contributed by atoms with Crippen LogP contribution < -0.4 is 21.3 Å². The Morgan fingerprint density at radius 3 is 2.47 bits per heavy atom. The van der Waals surface area contributed by atoms with E-state index < -0.39 is 0 Å². The molecule has 0 saturated carbocycles. The van der Waals surface area contributed by atoms with Gasteiger partial charge in [-0.1, -0.05) is 62.8 Å². The van der Waals surface area contributed by atoms with Crippen LogP contribution in [0.4, 0.5) is 5.82 Å². The Hall–Kier alpha value is -2.60. The average molecular weight is 431 g/mol. The van der Waals surface area contributed by atoms with E-state index in [1.54, 1.807) is 0 Å². The molecule has 0 radical (unpaired) electrons. The first-order chi connectivity index (χ1) is 14.5. The molecule has 0 fully saturated rings. The molecule has 2 aromatic rings. The topological polar surface area (TPSA) is 76.8 Å². The number of hydrogen-bond acceptors (Lipinski definition) is 5. The van der Waals surface area contributed by atoms with Gasteiger partial charge in [-0.3, -0.25) is 0 Å². The van der Waals surface area contributed by atoms with Crippen LogP contribution in [0.3, 0.4) is 0 Å². The van der Waals surface area contributed by atoms with E-state index in [-0.39, 0.29) is 0 Å². The van der Waals surface area contributed by atoms with Crippen LogP contribution in [0.1, 0.15) is 49.4 Å². The Morgan fingerprint density at radius 1 is 1.00 bits per heavy atom. The van der Waals surface area contributed by atoms with Crippen LogP contribution >= 0.6 is 11.6 Å². The predicted octanol–water partition coefficient (Wildman–Crippen LogP) is 4.77. The van der Waals surface area contributed by atoms with Crippen LogP contribution in [0.2, 0.25) is 5.28 Å². The molecule has 2 rings (SSSR count). The summed E-state index contributed by atoms with van der Waals surface area (Å²) in [6.07, 6.45) is 4.42. The fourth-order valence-electron chi connectivity index (χ4n) is 2.90. The van der Waals surface area contributed by atoms with Crippen molar-refractivity contribution in [1.29, 1.82) is 0 Å². The monoisotopic (exact) mass is 430 g/mol. The molecule has 0 amide bonds. The van der Waals surface area contributed by atoms with Crippen LogP contribution in [-0.4, -0.2) is 29.6 Å². The van der Waals surface area contributed by atoms with Gasteiger partial charge in [-0.15, -0.1) is 0 Å². The molecule has 0 aliphatic rings. The number of rotatable bonds is 15. The minimum Gasteiger partial charge on any atom is -0.384 e. The van der Waals surface area contributed by atoms with E-state index in [1.807, 2.05) is 0 Å². The maximum Gasteiger partial charge on any atom is 0.202 e. The van der Waals surface area contributed by atoms with E-state index in [4.69, 9.17) is 11.6 Å². The van der Waals surface area contributed by atoms with Gasteiger partial charge >= 0.3 is 0 Å². The third-order valence-electron chi connectivity index (χ3n) is 4.71. The van der Waals surface area contributed by atoms with E-state index >= 15 is 0 Å². The minimum atomic E-state index is 0.357. The van der Waals surface area contributed by atoms with E-state index in [0.29, 0.717) is 5.28 Å². The summed E-state index contributed by atoms with van der Waals surface area (Å²) in [4.78, 5) is 7.40. The van der Waals surface area contributed by atoms with Gasteiger partial charge in [0.2, 0.25) is 5.28 Å². The number of H-pyrrole nitrogens is 1. The number of aryl methyl sites for hydroxylation is 1. The number of aromatic nitrogens is 2. The second-order valence-electron chi connectivity index (χ2n) is 7.39. The van der Waals surface area contributed by atoms with E-state index in [9.17, 15) is 0 Å². The van der Waals surface area contributed by atoms with Gasteiger partial charge in [0.1, 0.15) is 5.69 Å². The van der Waals surface area contributed by atoms with Crippen molar-refractivity contribution in [2.45, 2.75) is 46.1 Å². The zero-order valence-electron chi connectivity index (χ0n) is 18.2. The van der Waals surface area contributed by atoms with Gasteiger partial charge in [-0.05, 0) is 36.9 Å². The first-order valence-corrected chi connectivity index (χ1v) is 11.0. The second-order valence-corrected chi connectivity index (χ2v) is 7.75. The van der Waals surface area contributed by atoms with Gasteiger partial charge in [0.05, 0.1) is 11.5 Å². The lowest BCUT2D eigenvalue weighted by Gasteiger charge is -2.13. The van der Waals surface area contributed by atoms with E-state index in [2.05, 4.69) is 82.5 Å². The zero-order chi connectivity index (χ0) is 21.8. The van der Waals surface area contributed by atoms with E-state index in [0.717, 1.165) is 62.1 Å². The van der Waals surface area contributed by atoms with Gasteiger partial charge < -0.3 is 26.3 Å². The van der Waals surface area contributed by atoms with Gasteiger partial charge in [-0.25, -0.2) is 4.98 Å². The molecule has 0 saturated heterocycles. The highest BCUT2D eigenvalue weighted by molar-refractivity contribution is 6.28. The number of nitrogens with one attached hydrogen (secondary N) is 5. The number of hydrogen-bond donors (Lipinski definition) is 5. The lowest BCUT2D eigenvalue weighted by atomic mass is 10.1. The van der Waals surface area contributed by atoms with Crippen molar-refractivity contribution in [3.63, 3.8) is 0 Å². The lowest BCUT2D eigenvalue weighted by Crippen LogP contribution is -2.27. The summed E-state index contributed by atoms with van der Waals surface area (Å²) < 4.78 is 0. The molecule has 7 heteroatoms. The summed E-state index contributed by atoms with van der Waals surface area (Å²) in [6.45, 7) is 15.6. The quantitative estimate of drug-likeness (QED) is 0.263. The average Bonchev–Trinajstić information content (AvgIpc) is 3.11. The Labute approximate surface area is 185 Å². The number of nitrogens with zero attached hydrogens (tertiary/aromatic N) is 1. The fraction of sp³-hybridized carbons (Fsp3) is 0.435. The molecule has 6 nitrogen and oxygen atoms in total. The molecule has 0 spiro atoms. The van der Waals surface area contributed by atoms with Crippen LogP contribution in [0.25, 0.3) is 5.70 Å². The van der Waals surface area contributed by atoms with Crippen LogP contribution in [-0.2, 0) is 6.54 Å². The molecule has 0 unspecified atom stereocenters. The lowest BCUT2D eigenvalue weighted by molar-refractivity contribution is 0.665. The smallest absolute Gasteiger partial charge is 0.202 e. The summed E-state index contributed by atoms with van der Waals surface area (Å²) >= 11 is 6.06. The van der Waals surface area contributed by atoms with E-state index in [1.165, 1.54) is 24.0 Å². The summed E-state index contributed by atoms with van der Waals surface area (Å²) in [5, 5.41) is 13.6. The van der Waals surface area contributed by atoms with Crippen molar-refractivity contribution in [3.05, 3.63) is 65.3 Å². The number of aromatic amines is 1. The molecule has 1 aromatic heterocycles. The largest absolute Gasteiger partial charge is 0.384 e. The molecule has 0 aliphatic carbocycles. The normalized spacial score (nSPS) is 10.5. The Kier molecular flexibility index (Phi) is 10.1. The standard InChI is InChI=1S/C23H35ClN6/c1-5-6-7-13-25-18(3)21-22(30-23(24)29-21)27-15-8-14-26-19(4)28-16-20-11-9-17(2)10-12-20/h9-12,25-28H,3-8,13-16H2,1-2H3,(H,29,30). The molecule has 0 bridgehead atoms. The molecule has 5 N–H and O–H groups in total. The molecule has 0 aliphatic heterocycles. The number of imidazole rings is 1. The Balaban J connectivity index is 1.65. The highest BCUT2D eigenvalue weighted by atomic mass is 35.5. The number of halogens is 1. The molecule has 164 valence electrons. The first kappa shape index (κ1) is 23.7. The zero-order valence-corrected chi connectivity index (χ0v) is 19.0. The van der Waals surface area contributed by atoms with Crippen molar-refractivity contribution in [2.24, 2.45) is 0 Å². The Bertz CT molecular complexity index is 797. The third kappa shape index (κ3) is 8.41. The van der Waals surface area contributed by atoms with Crippen molar-refractivity contribution < 1.29 is 0 Å². The van der Waals surface area contributed by atoms with Crippen LogP contribution in [0.5, 0.6) is 0 Å². The second kappa shape index (κ2) is 12.9. The highest BCUT2D eigenvalue weighted by Gasteiger charge is 2.11. The molecule has 1 aromatic carbocycles. The molecule has 1 heterocycles. The predicted molar refractivity (Wildman–Crippen MR) is 128 cm³/mol. The van der Waals surface area contributed by atoms with Gasteiger partial charge in [0.25, 0.3) is 0 Å².